The van der Waals surface area contributed by atoms with E-state index in [1.54, 1.807) is 6.07 Å². The molecule has 20 heavy (non-hydrogen) atoms. The van der Waals surface area contributed by atoms with E-state index in [0.717, 1.165) is 10.9 Å². The van der Waals surface area contributed by atoms with Crippen molar-refractivity contribution in [2.75, 3.05) is 0 Å². The van der Waals surface area contributed by atoms with Crippen LogP contribution >= 0.6 is 0 Å². The number of hydrogen-bond acceptors (Lipinski definition) is 4. The Morgan fingerprint density at radius 1 is 1.20 bits per heavy atom. The molecule has 1 unspecified atom stereocenters. The normalized spacial score (nSPS) is 18.9. The maximum Gasteiger partial charge on any atom is 0.234 e. The predicted octanol–water partition coefficient (Wildman–Crippen LogP) is 1.57. The molecule has 2 amide bonds. The van der Waals surface area contributed by atoms with Crippen LogP contribution in [0.2, 0.25) is 0 Å². The number of nitrogens with zero attached hydrogens (tertiary/aromatic N) is 1. The first kappa shape index (κ1) is 12.5. The molecule has 0 bridgehead atoms. The van der Waals surface area contributed by atoms with Crippen molar-refractivity contribution >= 4 is 29.0 Å². The van der Waals surface area contributed by atoms with Crippen molar-refractivity contribution in [2.45, 2.75) is 18.8 Å². The molecule has 1 aromatic heterocycles. The lowest BCUT2D eigenvalue weighted by molar-refractivity contribution is -0.134. The van der Waals surface area contributed by atoms with Crippen LogP contribution in [0.4, 0.5) is 0 Å². The lowest BCUT2D eigenvalue weighted by atomic mass is 9.90. The molecule has 0 radical (unpaired) electrons. The fourth-order valence-corrected chi connectivity index (χ4v) is 2.44. The Labute approximate surface area is 115 Å². The minimum atomic E-state index is -0.334. The Kier molecular flexibility index (Phi) is 3.02. The summed E-state index contributed by atoms with van der Waals surface area (Å²) < 4.78 is 0. The number of fused-ring (bicyclic) bond motifs is 1. The molecule has 1 fully saturated rings. The third-order valence-electron chi connectivity index (χ3n) is 3.50. The van der Waals surface area contributed by atoms with Crippen molar-refractivity contribution in [3.63, 3.8) is 0 Å². The summed E-state index contributed by atoms with van der Waals surface area (Å²) in [5, 5.41) is 3.25. The SMILES string of the molecule is O=Cc1ccc2ccc(C3CCC(=O)NC3=O)cc2n1. The average Bonchev–Trinajstić information content (AvgIpc) is 2.46. The molecule has 5 heteroatoms. The zero-order chi connectivity index (χ0) is 14.1. The van der Waals surface area contributed by atoms with E-state index in [4.69, 9.17) is 0 Å². The summed E-state index contributed by atoms with van der Waals surface area (Å²) in [5.74, 6) is -0.834. The van der Waals surface area contributed by atoms with Gasteiger partial charge >= 0.3 is 0 Å². The van der Waals surface area contributed by atoms with Gasteiger partial charge in [0.25, 0.3) is 0 Å². The van der Waals surface area contributed by atoms with Crippen LogP contribution in [-0.4, -0.2) is 23.1 Å². The van der Waals surface area contributed by atoms with Gasteiger partial charge in [0, 0.05) is 11.8 Å². The van der Waals surface area contributed by atoms with Crippen LogP contribution in [0.15, 0.2) is 30.3 Å². The Bertz CT molecular complexity index is 724. The monoisotopic (exact) mass is 268 g/mol. The molecule has 1 saturated heterocycles. The van der Waals surface area contributed by atoms with Crippen molar-refractivity contribution < 1.29 is 14.4 Å². The number of rotatable bonds is 2. The summed E-state index contributed by atoms with van der Waals surface area (Å²) in [6, 6.07) is 9.02. The molecule has 1 aliphatic heterocycles. The van der Waals surface area contributed by atoms with Gasteiger partial charge in [0.1, 0.15) is 5.69 Å². The van der Waals surface area contributed by atoms with E-state index in [-0.39, 0.29) is 17.7 Å². The van der Waals surface area contributed by atoms with Gasteiger partial charge in [0.2, 0.25) is 11.8 Å². The van der Waals surface area contributed by atoms with E-state index in [1.807, 2.05) is 24.3 Å². The lowest BCUT2D eigenvalue weighted by Gasteiger charge is -2.21. The van der Waals surface area contributed by atoms with E-state index >= 15 is 0 Å². The molecule has 1 aliphatic rings. The molecule has 0 aliphatic carbocycles. The fourth-order valence-electron chi connectivity index (χ4n) is 2.44. The summed E-state index contributed by atoms with van der Waals surface area (Å²) in [5.41, 5.74) is 1.85. The first-order chi connectivity index (χ1) is 9.67. The van der Waals surface area contributed by atoms with Gasteiger partial charge in [-0.2, -0.15) is 0 Å². The second-order valence-electron chi connectivity index (χ2n) is 4.81. The molecule has 1 atom stereocenters. The maximum absolute atomic E-state index is 11.9. The number of pyridine rings is 1. The second-order valence-corrected chi connectivity index (χ2v) is 4.81. The smallest absolute Gasteiger partial charge is 0.234 e. The molecular weight excluding hydrogens is 256 g/mol. The Balaban J connectivity index is 2.01. The van der Waals surface area contributed by atoms with Gasteiger partial charge in [-0.15, -0.1) is 0 Å². The quantitative estimate of drug-likeness (QED) is 0.662. The first-order valence-corrected chi connectivity index (χ1v) is 6.37. The van der Waals surface area contributed by atoms with Crippen LogP contribution in [0.1, 0.15) is 34.8 Å². The van der Waals surface area contributed by atoms with Crippen LogP contribution in [-0.2, 0) is 9.59 Å². The number of aromatic nitrogens is 1. The van der Waals surface area contributed by atoms with Crippen LogP contribution in [0.5, 0.6) is 0 Å². The Morgan fingerprint density at radius 2 is 2.00 bits per heavy atom. The molecule has 3 rings (SSSR count). The summed E-state index contributed by atoms with van der Waals surface area (Å²) in [4.78, 5) is 38.0. The number of imide groups is 1. The molecule has 0 spiro atoms. The van der Waals surface area contributed by atoms with Gasteiger partial charge in [-0.25, -0.2) is 4.98 Å². The van der Waals surface area contributed by atoms with Crippen molar-refractivity contribution in [1.82, 2.24) is 10.3 Å². The topological polar surface area (TPSA) is 76.1 Å². The summed E-state index contributed by atoms with van der Waals surface area (Å²) in [6.07, 6.45) is 1.54. The van der Waals surface area contributed by atoms with E-state index < -0.39 is 0 Å². The average molecular weight is 268 g/mol. The van der Waals surface area contributed by atoms with Crippen molar-refractivity contribution in [1.29, 1.82) is 0 Å². The highest BCUT2D eigenvalue weighted by molar-refractivity contribution is 6.01. The van der Waals surface area contributed by atoms with Gasteiger partial charge in [0.05, 0.1) is 11.4 Å². The highest BCUT2D eigenvalue weighted by Crippen LogP contribution is 2.27. The van der Waals surface area contributed by atoms with E-state index in [9.17, 15) is 14.4 Å². The number of benzene rings is 1. The van der Waals surface area contributed by atoms with Gasteiger partial charge < -0.3 is 0 Å². The number of piperidine rings is 1. The molecule has 100 valence electrons. The van der Waals surface area contributed by atoms with E-state index in [0.29, 0.717) is 30.3 Å². The van der Waals surface area contributed by atoms with Crippen LogP contribution in [0.3, 0.4) is 0 Å². The van der Waals surface area contributed by atoms with E-state index in [1.165, 1.54) is 0 Å². The van der Waals surface area contributed by atoms with Crippen molar-refractivity contribution in [2.24, 2.45) is 0 Å². The van der Waals surface area contributed by atoms with Crippen LogP contribution in [0, 0.1) is 0 Å². The zero-order valence-corrected chi connectivity index (χ0v) is 10.6. The molecule has 2 aromatic rings. The highest BCUT2D eigenvalue weighted by Gasteiger charge is 2.27. The van der Waals surface area contributed by atoms with Gasteiger partial charge in [-0.3, -0.25) is 19.7 Å². The molecule has 2 heterocycles. The molecule has 0 saturated carbocycles. The molecular formula is C15H12N2O3. The van der Waals surface area contributed by atoms with E-state index in [2.05, 4.69) is 10.3 Å². The number of carbonyl (C=O) groups excluding carboxylic acids is 3. The molecule has 5 nitrogen and oxygen atoms in total. The first-order valence-electron chi connectivity index (χ1n) is 6.37. The molecule has 1 N–H and O–H groups in total. The van der Waals surface area contributed by atoms with Crippen molar-refractivity contribution in [3.8, 4) is 0 Å². The number of amides is 2. The van der Waals surface area contributed by atoms with Crippen molar-refractivity contribution in [3.05, 3.63) is 41.6 Å². The van der Waals surface area contributed by atoms with Gasteiger partial charge in [0.15, 0.2) is 6.29 Å². The standard InChI is InChI=1S/C15H12N2O3/c18-8-11-4-3-9-1-2-10(7-13(9)16-11)12-5-6-14(19)17-15(12)20/h1-4,7-8,12H,5-6H2,(H,17,19,20). The third-order valence-corrected chi connectivity index (χ3v) is 3.50. The fraction of sp³-hybridized carbons (Fsp3) is 0.200. The van der Waals surface area contributed by atoms with Crippen LogP contribution < -0.4 is 5.32 Å². The predicted molar refractivity (Wildman–Crippen MR) is 72.3 cm³/mol. The lowest BCUT2D eigenvalue weighted by Crippen LogP contribution is -2.39. The number of carbonyl (C=O) groups is 3. The van der Waals surface area contributed by atoms with Crippen LogP contribution in [0.25, 0.3) is 10.9 Å². The zero-order valence-electron chi connectivity index (χ0n) is 10.6. The Hall–Kier alpha value is -2.56. The van der Waals surface area contributed by atoms with Gasteiger partial charge in [-0.05, 0) is 24.1 Å². The third kappa shape index (κ3) is 2.18. The maximum atomic E-state index is 11.9. The summed E-state index contributed by atoms with van der Waals surface area (Å²) in [6.45, 7) is 0. The van der Waals surface area contributed by atoms with Gasteiger partial charge in [-0.1, -0.05) is 18.2 Å². The Morgan fingerprint density at radius 3 is 2.75 bits per heavy atom. The summed E-state index contributed by atoms with van der Waals surface area (Å²) in [7, 11) is 0. The number of aldehydes is 1. The minimum absolute atomic E-state index is 0.228. The molecule has 1 aromatic carbocycles. The minimum Gasteiger partial charge on any atom is -0.296 e. The largest absolute Gasteiger partial charge is 0.296 e. The number of hydrogen-bond donors (Lipinski definition) is 1. The highest BCUT2D eigenvalue weighted by atomic mass is 16.2. The summed E-state index contributed by atoms with van der Waals surface area (Å²) >= 11 is 0. The second kappa shape index (κ2) is 4.85. The number of nitrogens with one attached hydrogen (secondary N) is 1.